The Morgan fingerprint density at radius 3 is 2.94 bits per heavy atom. The van der Waals surface area contributed by atoms with Crippen molar-refractivity contribution >= 4 is 17.2 Å². The molecule has 1 fully saturated rings. The first-order valence-corrected chi connectivity index (χ1v) is 7.07. The molecule has 0 radical (unpaired) electrons. The topological polar surface area (TPSA) is 49.3 Å². The van der Waals surface area contributed by atoms with E-state index in [1.807, 2.05) is 12.1 Å². The number of nitrogens with one attached hydrogen (secondary N) is 1. The van der Waals surface area contributed by atoms with Crippen molar-refractivity contribution in [2.45, 2.75) is 38.7 Å². The summed E-state index contributed by atoms with van der Waals surface area (Å²) in [5.41, 5.74) is 0. The molecule has 1 amide bonds. The zero-order valence-corrected chi connectivity index (χ0v) is 10.9. The minimum Gasteiger partial charge on any atom is -0.393 e. The van der Waals surface area contributed by atoms with Crippen LogP contribution in [-0.2, 0) is 6.42 Å². The molecule has 4 heteroatoms. The number of hydrogen-bond acceptors (Lipinski definition) is 3. The summed E-state index contributed by atoms with van der Waals surface area (Å²) in [6, 6.07) is 3.88. The maximum atomic E-state index is 11.9. The fourth-order valence-electron chi connectivity index (χ4n) is 2.26. The molecule has 2 N–H and O–H groups in total. The van der Waals surface area contributed by atoms with Gasteiger partial charge in [0.15, 0.2) is 0 Å². The zero-order valence-electron chi connectivity index (χ0n) is 10.1. The van der Waals surface area contributed by atoms with E-state index >= 15 is 0 Å². The highest BCUT2D eigenvalue weighted by Gasteiger charge is 2.25. The van der Waals surface area contributed by atoms with Crippen molar-refractivity contribution in [3.8, 4) is 0 Å². The molecule has 0 spiro atoms. The normalized spacial score (nSPS) is 23.9. The maximum Gasteiger partial charge on any atom is 0.261 e. The fourth-order valence-corrected chi connectivity index (χ4v) is 3.12. The highest BCUT2D eigenvalue weighted by atomic mass is 32.1. The van der Waals surface area contributed by atoms with Gasteiger partial charge in [-0.15, -0.1) is 11.3 Å². The molecule has 3 nitrogen and oxygen atoms in total. The van der Waals surface area contributed by atoms with Gasteiger partial charge in [-0.2, -0.15) is 0 Å². The van der Waals surface area contributed by atoms with Gasteiger partial charge in [0, 0.05) is 17.3 Å². The molecule has 1 heterocycles. The van der Waals surface area contributed by atoms with E-state index in [1.165, 1.54) is 4.88 Å². The number of aliphatic hydroxyl groups excluding tert-OH is 1. The van der Waals surface area contributed by atoms with Gasteiger partial charge in [0.1, 0.15) is 0 Å². The van der Waals surface area contributed by atoms with Crippen LogP contribution in [0.3, 0.4) is 0 Å². The Bertz CT molecular complexity index is 389. The predicted molar refractivity (Wildman–Crippen MR) is 69.4 cm³/mol. The minimum atomic E-state index is -0.232. The lowest BCUT2D eigenvalue weighted by Crippen LogP contribution is -2.31. The molecule has 0 saturated heterocycles. The highest BCUT2D eigenvalue weighted by molar-refractivity contribution is 7.14. The largest absolute Gasteiger partial charge is 0.393 e. The van der Waals surface area contributed by atoms with Crippen LogP contribution in [0.4, 0.5) is 0 Å². The van der Waals surface area contributed by atoms with E-state index < -0.39 is 0 Å². The Kier molecular flexibility index (Phi) is 4.18. The molecule has 0 aromatic carbocycles. The molecular weight excluding hydrogens is 234 g/mol. The number of carbonyl (C=O) groups excluding carboxylic acids is 1. The summed E-state index contributed by atoms with van der Waals surface area (Å²) >= 11 is 1.55. The summed E-state index contributed by atoms with van der Waals surface area (Å²) in [5.74, 6) is 0.235. The van der Waals surface area contributed by atoms with Crippen molar-refractivity contribution in [3.05, 3.63) is 21.9 Å². The van der Waals surface area contributed by atoms with Gasteiger partial charge >= 0.3 is 0 Å². The van der Waals surface area contributed by atoms with Crippen LogP contribution in [0.5, 0.6) is 0 Å². The van der Waals surface area contributed by atoms with Crippen LogP contribution < -0.4 is 5.32 Å². The van der Waals surface area contributed by atoms with Gasteiger partial charge in [0.2, 0.25) is 0 Å². The summed E-state index contributed by atoms with van der Waals surface area (Å²) in [6.07, 6.45) is 3.70. The first kappa shape index (κ1) is 12.6. The van der Waals surface area contributed by atoms with Gasteiger partial charge in [-0.3, -0.25) is 4.79 Å². The molecule has 2 atom stereocenters. The quantitative estimate of drug-likeness (QED) is 0.864. The van der Waals surface area contributed by atoms with E-state index in [0.29, 0.717) is 6.54 Å². The number of aryl methyl sites for hydroxylation is 1. The zero-order chi connectivity index (χ0) is 12.3. The van der Waals surface area contributed by atoms with Crippen molar-refractivity contribution in [3.63, 3.8) is 0 Å². The number of thiophene rings is 1. The molecule has 1 aliphatic rings. The van der Waals surface area contributed by atoms with Crippen molar-refractivity contribution < 1.29 is 9.90 Å². The smallest absolute Gasteiger partial charge is 0.261 e. The second-order valence-corrected chi connectivity index (χ2v) is 5.76. The summed E-state index contributed by atoms with van der Waals surface area (Å²) < 4.78 is 0. The number of aliphatic hydroxyl groups is 1. The van der Waals surface area contributed by atoms with Crippen LogP contribution >= 0.6 is 11.3 Å². The molecular formula is C13H19NO2S. The first-order valence-electron chi connectivity index (χ1n) is 6.25. The Balaban J connectivity index is 1.84. The minimum absolute atomic E-state index is 0.00574. The summed E-state index contributed by atoms with van der Waals surface area (Å²) in [5, 5.41) is 12.6. The van der Waals surface area contributed by atoms with E-state index in [2.05, 4.69) is 12.2 Å². The number of carbonyl (C=O) groups is 1. The summed E-state index contributed by atoms with van der Waals surface area (Å²) in [4.78, 5) is 13.9. The van der Waals surface area contributed by atoms with E-state index in [9.17, 15) is 9.90 Å². The highest BCUT2D eigenvalue weighted by Crippen LogP contribution is 2.25. The lowest BCUT2D eigenvalue weighted by Gasteiger charge is -2.14. The molecule has 2 unspecified atom stereocenters. The Hall–Kier alpha value is -0.870. The Labute approximate surface area is 106 Å². The summed E-state index contributed by atoms with van der Waals surface area (Å²) in [6.45, 7) is 2.68. The molecule has 94 valence electrons. The van der Waals surface area contributed by atoms with Crippen molar-refractivity contribution in [2.24, 2.45) is 5.92 Å². The molecule has 1 saturated carbocycles. The average molecular weight is 253 g/mol. The standard InChI is InChI=1S/C13H19NO2S/c1-2-10-6-7-12(17-10)13(16)14-8-9-4-3-5-11(9)15/h6-7,9,11,15H,2-5,8H2,1H3,(H,14,16). The van der Waals surface area contributed by atoms with E-state index in [4.69, 9.17) is 0 Å². The molecule has 1 aromatic heterocycles. The van der Waals surface area contributed by atoms with E-state index in [1.54, 1.807) is 11.3 Å². The van der Waals surface area contributed by atoms with Crippen molar-refractivity contribution in [1.29, 1.82) is 0 Å². The molecule has 0 aliphatic heterocycles. The van der Waals surface area contributed by atoms with Gasteiger partial charge in [0.05, 0.1) is 11.0 Å². The monoisotopic (exact) mass is 253 g/mol. The Morgan fingerprint density at radius 1 is 1.53 bits per heavy atom. The SMILES string of the molecule is CCc1ccc(C(=O)NCC2CCCC2O)s1. The number of amides is 1. The molecule has 1 aromatic rings. The Morgan fingerprint density at radius 2 is 2.35 bits per heavy atom. The lowest BCUT2D eigenvalue weighted by atomic mass is 10.1. The van der Waals surface area contributed by atoms with Crippen LogP contribution in [0, 0.1) is 5.92 Å². The van der Waals surface area contributed by atoms with Gasteiger partial charge in [0.25, 0.3) is 5.91 Å². The molecule has 2 rings (SSSR count). The van der Waals surface area contributed by atoms with Crippen LogP contribution in [0.25, 0.3) is 0 Å². The van der Waals surface area contributed by atoms with Crippen LogP contribution in [0.2, 0.25) is 0 Å². The molecule has 0 bridgehead atoms. The number of hydrogen-bond donors (Lipinski definition) is 2. The third-order valence-corrected chi connectivity index (χ3v) is 4.61. The van der Waals surface area contributed by atoms with E-state index in [0.717, 1.165) is 30.6 Å². The van der Waals surface area contributed by atoms with Gasteiger partial charge < -0.3 is 10.4 Å². The molecule has 17 heavy (non-hydrogen) atoms. The van der Waals surface area contributed by atoms with Gasteiger partial charge in [-0.05, 0) is 31.4 Å². The van der Waals surface area contributed by atoms with Gasteiger partial charge in [-0.1, -0.05) is 13.3 Å². The third kappa shape index (κ3) is 3.07. The van der Waals surface area contributed by atoms with Crippen molar-refractivity contribution in [2.75, 3.05) is 6.54 Å². The second kappa shape index (κ2) is 5.65. The lowest BCUT2D eigenvalue weighted by molar-refractivity contribution is 0.0920. The van der Waals surface area contributed by atoms with Gasteiger partial charge in [-0.25, -0.2) is 0 Å². The van der Waals surface area contributed by atoms with Crippen LogP contribution in [0.1, 0.15) is 40.7 Å². The third-order valence-electron chi connectivity index (χ3n) is 3.38. The predicted octanol–water partition coefficient (Wildman–Crippen LogP) is 2.20. The second-order valence-electron chi connectivity index (χ2n) is 4.59. The van der Waals surface area contributed by atoms with E-state index in [-0.39, 0.29) is 17.9 Å². The maximum absolute atomic E-state index is 11.9. The van der Waals surface area contributed by atoms with Crippen LogP contribution in [0.15, 0.2) is 12.1 Å². The average Bonchev–Trinajstić information content (AvgIpc) is 2.94. The molecule has 1 aliphatic carbocycles. The number of rotatable bonds is 4. The first-order chi connectivity index (χ1) is 8.20. The van der Waals surface area contributed by atoms with Crippen LogP contribution in [-0.4, -0.2) is 23.7 Å². The van der Waals surface area contributed by atoms with Crippen molar-refractivity contribution in [1.82, 2.24) is 5.32 Å². The fraction of sp³-hybridized carbons (Fsp3) is 0.615. The summed E-state index contributed by atoms with van der Waals surface area (Å²) in [7, 11) is 0.